The van der Waals surface area contributed by atoms with Crippen molar-refractivity contribution >= 4 is 33.9 Å². The van der Waals surface area contributed by atoms with Gasteiger partial charge in [-0.25, -0.2) is 4.98 Å². The number of fused-ring (bicyclic) bond motifs is 1. The smallest absolute Gasteiger partial charge is 0.281 e. The van der Waals surface area contributed by atoms with Gasteiger partial charge in [0.2, 0.25) is 0 Å². The second-order valence-corrected chi connectivity index (χ2v) is 6.01. The summed E-state index contributed by atoms with van der Waals surface area (Å²) in [7, 11) is 0. The van der Waals surface area contributed by atoms with Crippen molar-refractivity contribution in [2.24, 2.45) is 4.99 Å². The van der Waals surface area contributed by atoms with E-state index in [1.165, 1.54) is 0 Å². The Hall–Kier alpha value is -1.86. The standard InChI is InChI=1S/C14H16N4O2S/c1-9(19)8-18-5-6-21-14(18)17-13(20)11-7-16-12-10(11)3-2-4-15-12/h2-4,7,9,19H,5-6,8H2,1H3,(H,15,16)/b17-14-. The number of H-pyrrole nitrogens is 1. The number of carbonyl (C=O) groups excluding carboxylic acids is 1. The third-order valence-electron chi connectivity index (χ3n) is 3.23. The fourth-order valence-corrected chi connectivity index (χ4v) is 3.30. The van der Waals surface area contributed by atoms with Gasteiger partial charge in [0.1, 0.15) is 5.65 Å². The molecule has 1 saturated heterocycles. The van der Waals surface area contributed by atoms with Crippen molar-refractivity contribution in [3.05, 3.63) is 30.1 Å². The molecular formula is C14H16N4O2S. The van der Waals surface area contributed by atoms with Gasteiger partial charge in [0.25, 0.3) is 5.91 Å². The lowest BCUT2D eigenvalue weighted by molar-refractivity contribution is 0.100. The van der Waals surface area contributed by atoms with E-state index in [-0.39, 0.29) is 5.91 Å². The van der Waals surface area contributed by atoms with E-state index in [1.54, 1.807) is 37.1 Å². The zero-order chi connectivity index (χ0) is 14.8. The molecule has 1 unspecified atom stereocenters. The number of thioether (sulfide) groups is 1. The molecule has 21 heavy (non-hydrogen) atoms. The van der Waals surface area contributed by atoms with E-state index in [1.807, 2.05) is 11.0 Å². The van der Waals surface area contributed by atoms with E-state index in [4.69, 9.17) is 0 Å². The SMILES string of the molecule is CC(O)CN1CCS/C1=N\C(=O)c1c[nH]c2ncccc12. The Morgan fingerprint density at radius 2 is 2.52 bits per heavy atom. The van der Waals surface area contributed by atoms with Gasteiger partial charge in [-0.3, -0.25) is 4.79 Å². The minimum Gasteiger partial charge on any atom is -0.392 e. The number of aromatic nitrogens is 2. The quantitative estimate of drug-likeness (QED) is 0.898. The number of amidine groups is 1. The Morgan fingerprint density at radius 3 is 3.33 bits per heavy atom. The summed E-state index contributed by atoms with van der Waals surface area (Å²) >= 11 is 1.54. The molecule has 1 amide bonds. The maximum atomic E-state index is 12.4. The van der Waals surface area contributed by atoms with Crippen molar-refractivity contribution in [2.75, 3.05) is 18.8 Å². The summed E-state index contributed by atoms with van der Waals surface area (Å²) in [6.45, 7) is 3.03. The van der Waals surface area contributed by atoms with Crippen LogP contribution in [0.4, 0.5) is 0 Å². The van der Waals surface area contributed by atoms with E-state index in [2.05, 4.69) is 15.0 Å². The number of aliphatic hydroxyl groups is 1. The van der Waals surface area contributed by atoms with Gasteiger partial charge in [-0.05, 0) is 19.1 Å². The number of nitrogens with one attached hydrogen (secondary N) is 1. The molecule has 7 heteroatoms. The highest BCUT2D eigenvalue weighted by molar-refractivity contribution is 8.14. The van der Waals surface area contributed by atoms with Crippen LogP contribution in [-0.2, 0) is 0 Å². The summed E-state index contributed by atoms with van der Waals surface area (Å²) in [5.74, 6) is 0.600. The molecule has 1 fully saturated rings. The minimum atomic E-state index is -0.443. The maximum absolute atomic E-state index is 12.4. The third kappa shape index (κ3) is 2.93. The molecule has 2 N–H and O–H groups in total. The molecule has 0 saturated carbocycles. The number of carbonyl (C=O) groups is 1. The molecule has 1 aliphatic heterocycles. The Morgan fingerprint density at radius 1 is 1.67 bits per heavy atom. The van der Waals surface area contributed by atoms with Gasteiger partial charge in [0.15, 0.2) is 5.17 Å². The lowest BCUT2D eigenvalue weighted by Crippen LogP contribution is -2.32. The van der Waals surface area contributed by atoms with E-state index >= 15 is 0 Å². The van der Waals surface area contributed by atoms with Crippen molar-refractivity contribution in [2.45, 2.75) is 13.0 Å². The van der Waals surface area contributed by atoms with E-state index in [0.717, 1.165) is 17.7 Å². The fraction of sp³-hybridized carbons (Fsp3) is 0.357. The average Bonchev–Trinajstić information content (AvgIpc) is 3.05. The molecule has 0 radical (unpaired) electrons. The van der Waals surface area contributed by atoms with Crippen LogP contribution in [0, 0.1) is 0 Å². The van der Waals surface area contributed by atoms with Crippen LogP contribution in [0.15, 0.2) is 29.5 Å². The Kier molecular flexibility index (Phi) is 3.94. The lowest BCUT2D eigenvalue weighted by Gasteiger charge is -2.18. The first-order chi connectivity index (χ1) is 10.1. The monoisotopic (exact) mass is 304 g/mol. The first kappa shape index (κ1) is 14.1. The second kappa shape index (κ2) is 5.87. The van der Waals surface area contributed by atoms with E-state index in [9.17, 15) is 9.90 Å². The summed E-state index contributed by atoms with van der Waals surface area (Å²) in [4.78, 5) is 25.7. The summed E-state index contributed by atoms with van der Waals surface area (Å²) in [5.41, 5.74) is 1.20. The van der Waals surface area contributed by atoms with Gasteiger partial charge in [0.05, 0.1) is 11.7 Å². The number of aromatic amines is 1. The van der Waals surface area contributed by atoms with Crippen LogP contribution in [0.25, 0.3) is 11.0 Å². The molecule has 2 aromatic heterocycles. The number of aliphatic imine (C=N–C) groups is 1. The van der Waals surface area contributed by atoms with Crippen LogP contribution in [-0.4, -0.2) is 56.0 Å². The van der Waals surface area contributed by atoms with Crippen LogP contribution in [0.1, 0.15) is 17.3 Å². The van der Waals surface area contributed by atoms with Crippen molar-refractivity contribution in [3.8, 4) is 0 Å². The molecule has 3 heterocycles. The average molecular weight is 304 g/mol. The third-order valence-corrected chi connectivity index (χ3v) is 4.22. The van der Waals surface area contributed by atoms with Crippen LogP contribution < -0.4 is 0 Å². The molecule has 1 aliphatic rings. The van der Waals surface area contributed by atoms with E-state index < -0.39 is 6.10 Å². The second-order valence-electron chi connectivity index (χ2n) is 4.94. The normalized spacial score (nSPS) is 18.6. The molecule has 0 aromatic carbocycles. The van der Waals surface area contributed by atoms with Gasteiger partial charge < -0.3 is 15.0 Å². The number of pyridine rings is 1. The topological polar surface area (TPSA) is 81.6 Å². The number of β-amino-alcohol motifs (C(OH)–C–C–N with tert-alkyl or cyclic N) is 1. The number of nitrogens with zero attached hydrogens (tertiary/aromatic N) is 3. The van der Waals surface area contributed by atoms with Crippen molar-refractivity contribution < 1.29 is 9.90 Å². The molecule has 2 aromatic rings. The van der Waals surface area contributed by atoms with Crippen LogP contribution in [0.5, 0.6) is 0 Å². The van der Waals surface area contributed by atoms with Crippen molar-refractivity contribution in [1.82, 2.24) is 14.9 Å². The van der Waals surface area contributed by atoms with Gasteiger partial charge in [-0.1, -0.05) is 11.8 Å². The van der Waals surface area contributed by atoms with Crippen LogP contribution in [0.2, 0.25) is 0 Å². The molecule has 0 aliphatic carbocycles. The van der Waals surface area contributed by atoms with Gasteiger partial charge in [-0.15, -0.1) is 0 Å². The minimum absolute atomic E-state index is 0.283. The predicted octanol–water partition coefficient (Wildman–Crippen LogP) is 1.49. The summed E-state index contributed by atoms with van der Waals surface area (Å²) in [6.07, 6.45) is 2.88. The predicted molar refractivity (Wildman–Crippen MR) is 83.6 cm³/mol. The van der Waals surface area contributed by atoms with Crippen molar-refractivity contribution in [3.63, 3.8) is 0 Å². The number of amides is 1. The zero-order valence-corrected chi connectivity index (χ0v) is 12.4. The van der Waals surface area contributed by atoms with Crippen molar-refractivity contribution in [1.29, 1.82) is 0 Å². The zero-order valence-electron chi connectivity index (χ0n) is 11.6. The summed E-state index contributed by atoms with van der Waals surface area (Å²) < 4.78 is 0. The highest BCUT2D eigenvalue weighted by Crippen LogP contribution is 2.21. The highest BCUT2D eigenvalue weighted by atomic mass is 32.2. The molecule has 110 valence electrons. The molecule has 6 nitrogen and oxygen atoms in total. The molecule has 3 rings (SSSR count). The Labute approximate surface area is 126 Å². The maximum Gasteiger partial charge on any atom is 0.281 e. The number of aliphatic hydroxyl groups excluding tert-OH is 1. The molecule has 0 spiro atoms. The van der Waals surface area contributed by atoms with Crippen LogP contribution >= 0.6 is 11.8 Å². The molecule has 0 bridgehead atoms. The number of hydrogen-bond donors (Lipinski definition) is 2. The van der Waals surface area contributed by atoms with E-state index in [0.29, 0.717) is 22.9 Å². The van der Waals surface area contributed by atoms with Crippen LogP contribution in [0.3, 0.4) is 0 Å². The van der Waals surface area contributed by atoms with Gasteiger partial charge in [0, 0.05) is 36.6 Å². The summed E-state index contributed by atoms with van der Waals surface area (Å²) in [5, 5.41) is 10.9. The number of hydrogen-bond acceptors (Lipinski definition) is 4. The highest BCUT2D eigenvalue weighted by Gasteiger charge is 2.22. The summed E-state index contributed by atoms with van der Waals surface area (Å²) in [6, 6.07) is 3.64. The molecule has 1 atom stereocenters. The molecular weight excluding hydrogens is 288 g/mol. The number of rotatable bonds is 3. The first-order valence-electron chi connectivity index (χ1n) is 6.76. The lowest BCUT2D eigenvalue weighted by atomic mass is 10.2. The largest absolute Gasteiger partial charge is 0.392 e. The van der Waals surface area contributed by atoms with Gasteiger partial charge >= 0.3 is 0 Å². The Balaban J connectivity index is 1.86. The van der Waals surface area contributed by atoms with Gasteiger partial charge in [-0.2, -0.15) is 4.99 Å². The first-order valence-corrected chi connectivity index (χ1v) is 7.74. The fourth-order valence-electron chi connectivity index (χ4n) is 2.31. The Bertz CT molecular complexity index is 695.